The van der Waals surface area contributed by atoms with E-state index in [1.165, 1.54) is 6.92 Å². The van der Waals surface area contributed by atoms with Crippen LogP contribution in [-0.4, -0.2) is 18.2 Å². The molecule has 0 aromatic heterocycles. The fourth-order valence-corrected chi connectivity index (χ4v) is 2.07. The number of carbonyl (C=O) groups excluding carboxylic acids is 2. The van der Waals surface area contributed by atoms with E-state index in [2.05, 4.69) is 17.2 Å². The van der Waals surface area contributed by atoms with Crippen LogP contribution in [0.5, 0.6) is 0 Å². The Hall–Kier alpha value is -2.86. The molecule has 116 valence electrons. The number of nitrogens with one attached hydrogen (secondary N) is 1. The van der Waals surface area contributed by atoms with E-state index in [1.807, 2.05) is 30.3 Å². The minimum atomic E-state index is -0.00455. The van der Waals surface area contributed by atoms with Gasteiger partial charge in [-0.2, -0.15) is 0 Å². The molecule has 0 unspecified atom stereocenters. The topological polar surface area (TPSA) is 46.2 Å². The summed E-state index contributed by atoms with van der Waals surface area (Å²) >= 11 is 0. The highest BCUT2D eigenvalue weighted by atomic mass is 16.1. The second-order valence-corrected chi connectivity index (χ2v) is 5.20. The molecule has 0 bridgehead atoms. The van der Waals surface area contributed by atoms with Crippen LogP contribution in [0.2, 0.25) is 0 Å². The maximum Gasteiger partial charge on any atom is 0.221 e. The number of hydrogen-bond donors (Lipinski definition) is 1. The SMILES string of the molecule is CC(=O)c1ccc(C#CCNC(=O)CCc2ccccc2)cc1. The Morgan fingerprint density at radius 3 is 2.35 bits per heavy atom. The van der Waals surface area contributed by atoms with Crippen molar-refractivity contribution in [3.8, 4) is 11.8 Å². The molecular formula is C20H19NO2. The second kappa shape index (κ2) is 8.55. The van der Waals surface area contributed by atoms with Crippen LogP contribution >= 0.6 is 0 Å². The van der Waals surface area contributed by atoms with Crippen molar-refractivity contribution < 1.29 is 9.59 Å². The van der Waals surface area contributed by atoms with Crippen molar-refractivity contribution in [2.24, 2.45) is 0 Å². The summed E-state index contributed by atoms with van der Waals surface area (Å²) in [5, 5.41) is 2.79. The van der Waals surface area contributed by atoms with Gasteiger partial charge in [0.2, 0.25) is 5.91 Å². The van der Waals surface area contributed by atoms with Crippen molar-refractivity contribution in [1.82, 2.24) is 5.32 Å². The molecule has 0 atom stereocenters. The normalized spacial score (nSPS) is 9.61. The first-order chi connectivity index (χ1) is 11.1. The van der Waals surface area contributed by atoms with Gasteiger partial charge in [-0.25, -0.2) is 0 Å². The summed E-state index contributed by atoms with van der Waals surface area (Å²) in [4.78, 5) is 22.9. The Morgan fingerprint density at radius 1 is 1.00 bits per heavy atom. The Kier molecular flexibility index (Phi) is 6.14. The number of aryl methyl sites for hydroxylation is 1. The van der Waals surface area contributed by atoms with E-state index in [9.17, 15) is 9.59 Å². The van der Waals surface area contributed by atoms with Gasteiger partial charge in [0.1, 0.15) is 0 Å². The zero-order chi connectivity index (χ0) is 16.5. The van der Waals surface area contributed by atoms with Crippen LogP contribution in [0.25, 0.3) is 0 Å². The Bertz CT molecular complexity index is 722. The van der Waals surface area contributed by atoms with Gasteiger partial charge in [-0.3, -0.25) is 9.59 Å². The van der Waals surface area contributed by atoms with E-state index in [4.69, 9.17) is 0 Å². The van der Waals surface area contributed by atoms with Crippen LogP contribution in [0, 0.1) is 11.8 Å². The molecule has 0 fully saturated rings. The Morgan fingerprint density at radius 2 is 1.70 bits per heavy atom. The van der Waals surface area contributed by atoms with Crippen molar-refractivity contribution in [3.63, 3.8) is 0 Å². The number of Topliss-reactive ketones (excluding diaryl/α,β-unsaturated/α-hetero) is 1. The molecule has 2 aromatic carbocycles. The molecule has 23 heavy (non-hydrogen) atoms. The standard InChI is InChI=1S/C20H19NO2/c1-16(22)19-12-9-18(10-13-19)8-5-15-21-20(23)14-11-17-6-3-2-4-7-17/h2-4,6-7,9-10,12-13H,11,14-15H2,1H3,(H,21,23). The van der Waals surface area contributed by atoms with Crippen molar-refractivity contribution >= 4 is 11.7 Å². The summed E-state index contributed by atoms with van der Waals surface area (Å²) in [6.45, 7) is 1.85. The number of carbonyl (C=O) groups is 2. The van der Waals surface area contributed by atoms with Gasteiger partial charge in [0.05, 0.1) is 6.54 Å². The predicted octanol–water partition coefficient (Wildman–Crippen LogP) is 2.99. The fraction of sp³-hybridized carbons (Fsp3) is 0.200. The summed E-state index contributed by atoms with van der Waals surface area (Å²) in [6, 6.07) is 17.0. The summed E-state index contributed by atoms with van der Waals surface area (Å²) in [6.07, 6.45) is 1.19. The third kappa shape index (κ3) is 5.80. The molecule has 0 aliphatic heterocycles. The lowest BCUT2D eigenvalue weighted by Crippen LogP contribution is -2.23. The van der Waals surface area contributed by atoms with Crippen molar-refractivity contribution in [1.29, 1.82) is 0 Å². The van der Waals surface area contributed by atoms with Crippen LogP contribution in [-0.2, 0) is 11.2 Å². The average molecular weight is 305 g/mol. The van der Waals surface area contributed by atoms with Gasteiger partial charge >= 0.3 is 0 Å². The van der Waals surface area contributed by atoms with E-state index in [0.29, 0.717) is 18.5 Å². The maximum absolute atomic E-state index is 11.7. The molecule has 0 radical (unpaired) electrons. The predicted molar refractivity (Wildman–Crippen MR) is 91.1 cm³/mol. The minimum Gasteiger partial charge on any atom is -0.345 e. The van der Waals surface area contributed by atoms with Crippen molar-refractivity contribution in [2.75, 3.05) is 6.54 Å². The molecule has 3 nitrogen and oxygen atoms in total. The highest BCUT2D eigenvalue weighted by molar-refractivity contribution is 5.94. The zero-order valence-electron chi connectivity index (χ0n) is 13.1. The molecule has 3 heteroatoms. The molecule has 0 heterocycles. The molecule has 0 aliphatic rings. The Balaban J connectivity index is 1.74. The summed E-state index contributed by atoms with van der Waals surface area (Å²) < 4.78 is 0. The average Bonchev–Trinajstić information content (AvgIpc) is 2.58. The molecule has 0 aliphatic carbocycles. The highest BCUT2D eigenvalue weighted by Crippen LogP contribution is 2.04. The van der Waals surface area contributed by atoms with Crippen LogP contribution < -0.4 is 5.32 Å². The first-order valence-electron chi connectivity index (χ1n) is 7.55. The van der Waals surface area contributed by atoms with Crippen LogP contribution in [0.15, 0.2) is 54.6 Å². The van der Waals surface area contributed by atoms with Gasteiger partial charge in [0, 0.05) is 17.5 Å². The van der Waals surface area contributed by atoms with Crippen LogP contribution in [0.3, 0.4) is 0 Å². The minimum absolute atomic E-state index is 0.00455. The summed E-state index contributed by atoms with van der Waals surface area (Å²) in [5.74, 6) is 5.91. The molecule has 0 saturated carbocycles. The Labute approximate surface area is 136 Å². The third-order valence-corrected chi connectivity index (χ3v) is 3.38. The van der Waals surface area contributed by atoms with Gasteiger partial charge in [0.25, 0.3) is 0 Å². The van der Waals surface area contributed by atoms with Gasteiger partial charge in [-0.15, -0.1) is 0 Å². The molecule has 1 amide bonds. The molecule has 0 spiro atoms. The van der Waals surface area contributed by atoms with E-state index >= 15 is 0 Å². The smallest absolute Gasteiger partial charge is 0.221 e. The maximum atomic E-state index is 11.7. The zero-order valence-corrected chi connectivity index (χ0v) is 13.1. The highest BCUT2D eigenvalue weighted by Gasteiger charge is 2.00. The van der Waals surface area contributed by atoms with Gasteiger partial charge < -0.3 is 5.32 Å². The summed E-state index contributed by atoms with van der Waals surface area (Å²) in [5.41, 5.74) is 2.65. The van der Waals surface area contributed by atoms with Gasteiger partial charge in [-0.1, -0.05) is 54.3 Å². The fourth-order valence-electron chi connectivity index (χ4n) is 2.07. The lowest BCUT2D eigenvalue weighted by Gasteiger charge is -2.01. The summed E-state index contributed by atoms with van der Waals surface area (Å²) in [7, 11) is 0. The number of ketones is 1. The second-order valence-electron chi connectivity index (χ2n) is 5.20. The van der Waals surface area contributed by atoms with Gasteiger partial charge in [-0.05, 0) is 31.0 Å². The van der Waals surface area contributed by atoms with Crippen molar-refractivity contribution in [3.05, 3.63) is 71.3 Å². The first-order valence-corrected chi connectivity index (χ1v) is 7.55. The lowest BCUT2D eigenvalue weighted by molar-refractivity contribution is -0.120. The number of rotatable bonds is 5. The first kappa shape index (κ1) is 16.5. The molecule has 0 saturated heterocycles. The van der Waals surface area contributed by atoms with Crippen molar-refractivity contribution in [2.45, 2.75) is 19.8 Å². The van der Waals surface area contributed by atoms with E-state index in [1.54, 1.807) is 24.3 Å². The quantitative estimate of drug-likeness (QED) is 0.682. The largest absolute Gasteiger partial charge is 0.345 e. The van der Waals surface area contributed by atoms with E-state index < -0.39 is 0 Å². The van der Waals surface area contributed by atoms with E-state index in [-0.39, 0.29) is 11.7 Å². The number of hydrogen-bond acceptors (Lipinski definition) is 2. The van der Waals surface area contributed by atoms with E-state index in [0.717, 1.165) is 17.5 Å². The van der Waals surface area contributed by atoms with Gasteiger partial charge in [0.15, 0.2) is 5.78 Å². The molecular weight excluding hydrogens is 286 g/mol. The lowest BCUT2D eigenvalue weighted by atomic mass is 10.1. The molecule has 2 aromatic rings. The number of benzene rings is 2. The van der Waals surface area contributed by atoms with Crippen LogP contribution in [0.4, 0.5) is 0 Å². The third-order valence-electron chi connectivity index (χ3n) is 3.38. The number of amides is 1. The monoisotopic (exact) mass is 305 g/mol. The van der Waals surface area contributed by atoms with Crippen LogP contribution in [0.1, 0.15) is 34.8 Å². The molecule has 1 N–H and O–H groups in total. The molecule has 2 rings (SSSR count).